The highest BCUT2D eigenvalue weighted by Crippen LogP contribution is 2.22. The second-order valence-corrected chi connectivity index (χ2v) is 5.45. The van der Waals surface area contributed by atoms with E-state index in [1.54, 1.807) is 54.6 Å². The first-order valence-corrected chi connectivity index (χ1v) is 7.46. The lowest BCUT2D eigenvalue weighted by Crippen LogP contribution is -2.05. The van der Waals surface area contributed by atoms with Crippen LogP contribution in [0.4, 0.5) is 0 Å². The molecule has 6 heteroatoms. The lowest BCUT2D eigenvalue weighted by Gasteiger charge is -2.01. The number of rotatable bonds is 3. The summed E-state index contributed by atoms with van der Waals surface area (Å²) in [7, 11) is 0. The Bertz CT molecular complexity index is 869. The van der Waals surface area contributed by atoms with E-state index in [1.165, 1.54) is 6.92 Å². The zero-order valence-electron chi connectivity index (χ0n) is 12.7. The van der Waals surface area contributed by atoms with Gasteiger partial charge in [-0.25, -0.2) is 9.79 Å². The van der Waals surface area contributed by atoms with E-state index in [0.29, 0.717) is 21.9 Å². The van der Waals surface area contributed by atoms with Gasteiger partial charge in [0.05, 0.1) is 0 Å². The maximum absolute atomic E-state index is 12.0. The third-order valence-corrected chi connectivity index (χ3v) is 3.39. The molecule has 0 radical (unpaired) electrons. The van der Waals surface area contributed by atoms with Gasteiger partial charge in [0.25, 0.3) is 0 Å². The maximum Gasteiger partial charge on any atom is 0.363 e. The van der Waals surface area contributed by atoms with E-state index >= 15 is 0 Å². The fourth-order valence-corrected chi connectivity index (χ4v) is 2.24. The molecule has 0 aromatic heterocycles. The Balaban J connectivity index is 1.88. The summed E-state index contributed by atoms with van der Waals surface area (Å²) >= 11 is 5.84. The number of ether oxygens (including phenoxy) is 2. The van der Waals surface area contributed by atoms with Crippen molar-refractivity contribution in [1.82, 2.24) is 0 Å². The van der Waals surface area contributed by atoms with Crippen LogP contribution in [-0.2, 0) is 14.3 Å². The largest absolute Gasteiger partial charge is 0.427 e. The molecule has 0 saturated carbocycles. The van der Waals surface area contributed by atoms with Crippen LogP contribution in [0, 0.1) is 0 Å². The summed E-state index contributed by atoms with van der Waals surface area (Å²) in [6, 6.07) is 13.6. The van der Waals surface area contributed by atoms with Gasteiger partial charge in [0.1, 0.15) is 5.75 Å². The smallest absolute Gasteiger partial charge is 0.363 e. The van der Waals surface area contributed by atoms with Crippen LogP contribution in [0.1, 0.15) is 18.1 Å². The SMILES string of the molecule is CC(=O)Oc1cccc(/C=C2/N=C(c3ccc(Cl)cc3)OC2=O)c1. The predicted octanol–water partition coefficient (Wildman–Crippen LogP) is 3.61. The standard InChI is InChI=1S/C18H12ClNO4/c1-11(21)23-15-4-2-3-12(9-15)10-16-18(22)24-17(20-16)13-5-7-14(19)8-6-13/h2-10H,1H3/b16-10+. The molecule has 1 aliphatic rings. The number of nitrogens with zero attached hydrogens (tertiary/aromatic N) is 1. The van der Waals surface area contributed by atoms with E-state index in [0.717, 1.165) is 0 Å². The Labute approximate surface area is 143 Å². The first-order valence-electron chi connectivity index (χ1n) is 7.08. The van der Waals surface area contributed by atoms with Crippen molar-refractivity contribution >= 4 is 35.5 Å². The lowest BCUT2D eigenvalue weighted by molar-refractivity contribution is -0.132. The molecule has 0 spiro atoms. The van der Waals surface area contributed by atoms with E-state index in [-0.39, 0.29) is 11.6 Å². The minimum absolute atomic E-state index is 0.167. The van der Waals surface area contributed by atoms with Crippen molar-refractivity contribution in [3.63, 3.8) is 0 Å². The molecule has 120 valence electrons. The quantitative estimate of drug-likeness (QED) is 0.486. The third-order valence-electron chi connectivity index (χ3n) is 3.13. The van der Waals surface area contributed by atoms with E-state index in [9.17, 15) is 9.59 Å². The van der Waals surface area contributed by atoms with Crippen molar-refractivity contribution in [2.24, 2.45) is 4.99 Å². The van der Waals surface area contributed by atoms with Gasteiger partial charge < -0.3 is 9.47 Å². The van der Waals surface area contributed by atoms with Crippen molar-refractivity contribution in [3.8, 4) is 5.75 Å². The molecule has 0 saturated heterocycles. The Morgan fingerprint density at radius 2 is 1.96 bits per heavy atom. The summed E-state index contributed by atoms with van der Waals surface area (Å²) in [5, 5.41) is 0.585. The highest BCUT2D eigenvalue weighted by atomic mass is 35.5. The summed E-state index contributed by atoms with van der Waals surface area (Å²) in [5.74, 6) is -0.342. The highest BCUT2D eigenvalue weighted by Gasteiger charge is 2.24. The molecular weight excluding hydrogens is 330 g/mol. The molecule has 24 heavy (non-hydrogen) atoms. The summed E-state index contributed by atoms with van der Waals surface area (Å²) < 4.78 is 10.2. The summed E-state index contributed by atoms with van der Waals surface area (Å²) in [6.07, 6.45) is 1.57. The fraction of sp³-hybridized carbons (Fsp3) is 0.0556. The van der Waals surface area contributed by atoms with Gasteiger partial charge in [-0.15, -0.1) is 0 Å². The van der Waals surface area contributed by atoms with Crippen LogP contribution in [-0.4, -0.2) is 17.8 Å². The first-order chi connectivity index (χ1) is 11.5. The topological polar surface area (TPSA) is 65.0 Å². The van der Waals surface area contributed by atoms with Gasteiger partial charge in [-0.05, 0) is 48.0 Å². The molecule has 0 N–H and O–H groups in total. The van der Waals surface area contributed by atoms with Gasteiger partial charge in [-0.1, -0.05) is 23.7 Å². The second-order valence-electron chi connectivity index (χ2n) is 5.01. The minimum Gasteiger partial charge on any atom is -0.427 e. The van der Waals surface area contributed by atoms with Gasteiger partial charge >= 0.3 is 11.9 Å². The summed E-state index contributed by atoms with van der Waals surface area (Å²) in [6.45, 7) is 1.32. The number of benzene rings is 2. The lowest BCUT2D eigenvalue weighted by atomic mass is 10.2. The molecule has 0 unspecified atom stereocenters. The van der Waals surface area contributed by atoms with Crippen LogP contribution in [0.2, 0.25) is 5.02 Å². The maximum atomic E-state index is 12.0. The van der Waals surface area contributed by atoms with Gasteiger partial charge in [-0.2, -0.15) is 0 Å². The monoisotopic (exact) mass is 341 g/mol. The number of carbonyl (C=O) groups excluding carboxylic acids is 2. The van der Waals surface area contributed by atoms with Crippen LogP contribution >= 0.6 is 11.6 Å². The molecule has 1 heterocycles. The highest BCUT2D eigenvalue weighted by molar-refractivity contribution is 6.30. The zero-order chi connectivity index (χ0) is 17.1. The van der Waals surface area contributed by atoms with Crippen LogP contribution < -0.4 is 4.74 Å². The number of hydrogen-bond acceptors (Lipinski definition) is 5. The summed E-state index contributed by atoms with van der Waals surface area (Å²) in [5.41, 5.74) is 1.49. The van der Waals surface area contributed by atoms with Crippen LogP contribution in [0.25, 0.3) is 6.08 Å². The third kappa shape index (κ3) is 3.70. The van der Waals surface area contributed by atoms with Crippen molar-refractivity contribution in [2.75, 3.05) is 0 Å². The first kappa shape index (κ1) is 16.0. The van der Waals surface area contributed by atoms with Crippen molar-refractivity contribution in [3.05, 3.63) is 70.4 Å². The van der Waals surface area contributed by atoms with Crippen LogP contribution in [0.15, 0.2) is 59.2 Å². The Kier molecular flexibility index (Phi) is 4.44. The average molecular weight is 342 g/mol. The molecule has 0 aliphatic carbocycles. The molecule has 0 fully saturated rings. The van der Waals surface area contributed by atoms with E-state index in [1.807, 2.05) is 0 Å². The van der Waals surface area contributed by atoms with E-state index in [2.05, 4.69) is 4.99 Å². The molecular formula is C18H12ClNO4. The molecule has 3 rings (SSSR count). The van der Waals surface area contributed by atoms with Crippen molar-refractivity contribution in [2.45, 2.75) is 6.92 Å². The van der Waals surface area contributed by atoms with E-state index in [4.69, 9.17) is 21.1 Å². The van der Waals surface area contributed by atoms with Crippen molar-refractivity contribution < 1.29 is 19.1 Å². The van der Waals surface area contributed by atoms with E-state index < -0.39 is 11.9 Å². The number of carbonyl (C=O) groups is 2. The van der Waals surface area contributed by atoms with Crippen LogP contribution in [0.5, 0.6) is 5.75 Å². The van der Waals surface area contributed by atoms with Gasteiger partial charge in [0.15, 0.2) is 5.70 Å². The number of esters is 2. The number of hydrogen-bond donors (Lipinski definition) is 0. The van der Waals surface area contributed by atoms with Gasteiger partial charge in [0, 0.05) is 17.5 Å². The molecule has 5 nitrogen and oxygen atoms in total. The normalized spacial score (nSPS) is 15.2. The van der Waals surface area contributed by atoms with Crippen LogP contribution in [0.3, 0.4) is 0 Å². The second kappa shape index (κ2) is 6.68. The minimum atomic E-state index is -0.544. The molecule has 0 bridgehead atoms. The van der Waals surface area contributed by atoms with Gasteiger partial charge in [-0.3, -0.25) is 4.79 Å². The zero-order valence-corrected chi connectivity index (χ0v) is 13.4. The number of aliphatic imine (C=N–C) groups is 1. The predicted molar refractivity (Wildman–Crippen MR) is 89.8 cm³/mol. The molecule has 1 aliphatic heterocycles. The van der Waals surface area contributed by atoms with Gasteiger partial charge in [0.2, 0.25) is 5.90 Å². The molecule has 2 aromatic carbocycles. The summed E-state index contributed by atoms with van der Waals surface area (Å²) in [4.78, 5) is 27.2. The molecule has 0 amide bonds. The number of halogens is 1. The number of cyclic esters (lactones) is 1. The Morgan fingerprint density at radius 1 is 1.21 bits per heavy atom. The average Bonchev–Trinajstić information content (AvgIpc) is 2.89. The molecule has 0 atom stereocenters. The van der Waals surface area contributed by atoms with Crippen molar-refractivity contribution in [1.29, 1.82) is 0 Å². The fourth-order valence-electron chi connectivity index (χ4n) is 2.12. The Hall–Kier alpha value is -2.92. The Morgan fingerprint density at radius 3 is 2.67 bits per heavy atom. The molecule has 2 aromatic rings.